The first-order valence-corrected chi connectivity index (χ1v) is 5.11. The zero-order chi connectivity index (χ0) is 10.8. The van der Waals surface area contributed by atoms with Gasteiger partial charge in [-0.2, -0.15) is 0 Å². The molecule has 0 saturated heterocycles. The fraction of sp³-hybridized carbons (Fsp3) is 0.417. The summed E-state index contributed by atoms with van der Waals surface area (Å²) in [5.41, 5.74) is 3.19. The number of rotatable bonds is 2. The Morgan fingerprint density at radius 1 is 1.53 bits per heavy atom. The van der Waals surface area contributed by atoms with Crippen molar-refractivity contribution in [2.24, 2.45) is 0 Å². The second kappa shape index (κ2) is 4.03. The van der Waals surface area contributed by atoms with Crippen molar-refractivity contribution in [1.29, 1.82) is 0 Å². The molecule has 15 heavy (non-hydrogen) atoms. The first-order chi connectivity index (χ1) is 7.20. The molecule has 1 aromatic carbocycles. The fourth-order valence-corrected chi connectivity index (χ4v) is 1.96. The van der Waals surface area contributed by atoms with Crippen LogP contribution in [0.2, 0.25) is 0 Å². The summed E-state index contributed by atoms with van der Waals surface area (Å²) in [7, 11) is 0. The summed E-state index contributed by atoms with van der Waals surface area (Å²) in [5, 5.41) is 9.00. The predicted molar refractivity (Wildman–Crippen MR) is 55.9 cm³/mol. The second-order valence-corrected chi connectivity index (χ2v) is 3.85. The molecule has 1 heterocycles. The molecular formula is C12H14O3. The van der Waals surface area contributed by atoms with Crippen LogP contribution in [0.5, 0.6) is 0 Å². The third kappa shape index (κ3) is 1.88. The molecule has 80 valence electrons. The maximum atomic E-state index is 10.9. The van der Waals surface area contributed by atoms with Crippen molar-refractivity contribution in [3.63, 3.8) is 0 Å². The van der Waals surface area contributed by atoms with Crippen LogP contribution in [0, 0.1) is 0 Å². The van der Waals surface area contributed by atoms with Crippen LogP contribution in [0.15, 0.2) is 18.2 Å². The highest BCUT2D eigenvalue weighted by Crippen LogP contribution is 2.26. The lowest BCUT2D eigenvalue weighted by Gasteiger charge is -2.21. The van der Waals surface area contributed by atoms with Gasteiger partial charge in [0.1, 0.15) is 0 Å². The Balaban J connectivity index is 2.43. The van der Waals surface area contributed by atoms with Gasteiger partial charge in [0.25, 0.3) is 0 Å². The van der Waals surface area contributed by atoms with Crippen molar-refractivity contribution in [3.05, 3.63) is 34.9 Å². The van der Waals surface area contributed by atoms with Gasteiger partial charge in [0, 0.05) is 0 Å². The van der Waals surface area contributed by atoms with E-state index in [1.165, 1.54) is 5.56 Å². The third-order valence-electron chi connectivity index (χ3n) is 2.91. The van der Waals surface area contributed by atoms with Crippen molar-refractivity contribution < 1.29 is 14.6 Å². The van der Waals surface area contributed by atoms with E-state index in [9.17, 15) is 4.79 Å². The Morgan fingerprint density at radius 3 is 3.07 bits per heavy atom. The van der Waals surface area contributed by atoms with E-state index < -0.39 is 11.9 Å². The number of carboxylic acids is 1. The third-order valence-corrected chi connectivity index (χ3v) is 2.91. The van der Waals surface area contributed by atoms with Gasteiger partial charge in [0.2, 0.25) is 0 Å². The Kier molecular flexibility index (Phi) is 2.73. The summed E-state index contributed by atoms with van der Waals surface area (Å²) in [6.07, 6.45) is 0.884. The van der Waals surface area contributed by atoms with Crippen LogP contribution >= 0.6 is 0 Å². The maximum Gasteiger partial charge on any atom is 0.310 e. The van der Waals surface area contributed by atoms with Gasteiger partial charge in [-0.1, -0.05) is 18.2 Å². The normalized spacial score (nSPS) is 16.9. The molecule has 0 amide bonds. The summed E-state index contributed by atoms with van der Waals surface area (Å²) in [6, 6.07) is 5.86. The molecule has 3 heteroatoms. The van der Waals surface area contributed by atoms with E-state index in [-0.39, 0.29) is 0 Å². The molecule has 1 atom stereocenters. The van der Waals surface area contributed by atoms with Gasteiger partial charge in [-0.15, -0.1) is 0 Å². The molecule has 0 aromatic heterocycles. The Bertz CT molecular complexity index is 384. The van der Waals surface area contributed by atoms with Crippen molar-refractivity contribution in [1.82, 2.24) is 0 Å². The molecular weight excluding hydrogens is 192 g/mol. The molecule has 1 aliphatic rings. The van der Waals surface area contributed by atoms with Gasteiger partial charge >= 0.3 is 5.97 Å². The standard InChI is InChI=1S/C12H14O3/c1-8(12(13)14)10-4-2-3-9-5-6-15-7-11(9)10/h2-4,8H,5-7H2,1H3,(H,13,14). The zero-order valence-corrected chi connectivity index (χ0v) is 8.69. The number of carboxylic acid groups (broad SMARTS) is 1. The van der Waals surface area contributed by atoms with Crippen LogP contribution < -0.4 is 0 Å². The van der Waals surface area contributed by atoms with Crippen molar-refractivity contribution >= 4 is 5.97 Å². The summed E-state index contributed by atoms with van der Waals surface area (Å²) in [5.74, 6) is -1.24. The Labute approximate surface area is 88.7 Å². The first-order valence-electron chi connectivity index (χ1n) is 5.11. The molecule has 0 bridgehead atoms. The average molecular weight is 206 g/mol. The van der Waals surface area contributed by atoms with Gasteiger partial charge < -0.3 is 9.84 Å². The number of benzene rings is 1. The molecule has 0 spiro atoms. The largest absolute Gasteiger partial charge is 0.481 e. The van der Waals surface area contributed by atoms with Crippen LogP contribution in [0.4, 0.5) is 0 Å². The fourth-order valence-electron chi connectivity index (χ4n) is 1.96. The highest BCUT2D eigenvalue weighted by molar-refractivity contribution is 5.76. The monoisotopic (exact) mass is 206 g/mol. The van der Waals surface area contributed by atoms with Gasteiger partial charge in [-0.25, -0.2) is 0 Å². The van der Waals surface area contributed by atoms with E-state index in [2.05, 4.69) is 6.07 Å². The Morgan fingerprint density at radius 2 is 2.33 bits per heavy atom. The van der Waals surface area contributed by atoms with E-state index in [1.807, 2.05) is 12.1 Å². The topological polar surface area (TPSA) is 46.5 Å². The SMILES string of the molecule is CC(C(=O)O)c1cccc2c1COCC2. The van der Waals surface area contributed by atoms with E-state index in [0.717, 1.165) is 24.2 Å². The van der Waals surface area contributed by atoms with Crippen LogP contribution in [-0.4, -0.2) is 17.7 Å². The zero-order valence-electron chi connectivity index (χ0n) is 8.69. The first kappa shape index (κ1) is 10.2. The minimum Gasteiger partial charge on any atom is -0.481 e. The van der Waals surface area contributed by atoms with Crippen molar-refractivity contribution in [2.45, 2.75) is 25.9 Å². The molecule has 3 nitrogen and oxygen atoms in total. The molecule has 1 unspecified atom stereocenters. The second-order valence-electron chi connectivity index (χ2n) is 3.85. The average Bonchev–Trinajstić information content (AvgIpc) is 2.27. The highest BCUT2D eigenvalue weighted by Gasteiger charge is 2.20. The number of ether oxygens (including phenoxy) is 1. The van der Waals surface area contributed by atoms with Crippen molar-refractivity contribution in [3.8, 4) is 0 Å². The number of hydrogen-bond donors (Lipinski definition) is 1. The molecule has 1 aromatic rings. The number of hydrogen-bond acceptors (Lipinski definition) is 2. The highest BCUT2D eigenvalue weighted by atomic mass is 16.5. The Hall–Kier alpha value is -1.35. The van der Waals surface area contributed by atoms with Crippen LogP contribution in [-0.2, 0) is 22.6 Å². The molecule has 0 saturated carbocycles. The summed E-state index contributed by atoms with van der Waals surface area (Å²) in [6.45, 7) is 2.99. The van der Waals surface area contributed by atoms with E-state index in [0.29, 0.717) is 6.61 Å². The molecule has 2 rings (SSSR count). The summed E-state index contributed by atoms with van der Waals surface area (Å²) in [4.78, 5) is 10.9. The van der Waals surface area contributed by atoms with Crippen molar-refractivity contribution in [2.75, 3.05) is 6.61 Å². The lowest BCUT2D eigenvalue weighted by Crippen LogP contribution is -2.16. The minimum atomic E-state index is -0.783. The van der Waals surface area contributed by atoms with Gasteiger partial charge in [-0.05, 0) is 30.0 Å². The quantitative estimate of drug-likeness (QED) is 0.804. The van der Waals surface area contributed by atoms with Gasteiger partial charge in [0.05, 0.1) is 19.1 Å². The lowest BCUT2D eigenvalue weighted by atomic mass is 9.91. The van der Waals surface area contributed by atoms with E-state index in [4.69, 9.17) is 9.84 Å². The number of fused-ring (bicyclic) bond motifs is 1. The van der Waals surface area contributed by atoms with E-state index >= 15 is 0 Å². The molecule has 0 radical (unpaired) electrons. The lowest BCUT2D eigenvalue weighted by molar-refractivity contribution is -0.138. The van der Waals surface area contributed by atoms with Gasteiger partial charge in [0.15, 0.2) is 0 Å². The van der Waals surface area contributed by atoms with Gasteiger partial charge in [-0.3, -0.25) is 4.79 Å². The summed E-state index contributed by atoms with van der Waals surface area (Å²) < 4.78 is 5.37. The summed E-state index contributed by atoms with van der Waals surface area (Å²) >= 11 is 0. The minimum absolute atomic E-state index is 0.457. The van der Waals surface area contributed by atoms with Crippen LogP contribution in [0.1, 0.15) is 29.5 Å². The van der Waals surface area contributed by atoms with Crippen LogP contribution in [0.25, 0.3) is 0 Å². The smallest absolute Gasteiger partial charge is 0.310 e. The van der Waals surface area contributed by atoms with Crippen LogP contribution in [0.3, 0.4) is 0 Å². The number of aliphatic carboxylic acids is 1. The molecule has 0 fully saturated rings. The predicted octanol–water partition coefficient (Wildman–Crippen LogP) is 1.95. The molecule has 1 N–H and O–H groups in total. The molecule has 0 aliphatic carbocycles. The maximum absolute atomic E-state index is 10.9. The van der Waals surface area contributed by atoms with E-state index in [1.54, 1.807) is 6.92 Å². The number of carbonyl (C=O) groups is 1. The molecule has 1 aliphatic heterocycles.